The summed E-state index contributed by atoms with van der Waals surface area (Å²) < 4.78 is 5.79. The van der Waals surface area contributed by atoms with Crippen molar-refractivity contribution >= 4 is 23.1 Å². The van der Waals surface area contributed by atoms with E-state index in [2.05, 4.69) is 27.1 Å². The van der Waals surface area contributed by atoms with Gasteiger partial charge in [0.1, 0.15) is 12.4 Å². The molecule has 1 N–H and O–H groups in total. The van der Waals surface area contributed by atoms with Crippen LogP contribution in [-0.2, 0) is 6.61 Å². The van der Waals surface area contributed by atoms with Crippen molar-refractivity contribution in [1.29, 1.82) is 0 Å². The van der Waals surface area contributed by atoms with Crippen molar-refractivity contribution in [3.63, 3.8) is 0 Å². The van der Waals surface area contributed by atoms with E-state index >= 15 is 0 Å². The maximum atomic E-state index is 12.8. The molecule has 1 fully saturated rings. The standard InChI is InChI=1S/C21H21N3O2S/c25-21(24-11-4-8-20(24)16-9-12-27-15-16)23-17-6-3-7-19(13-17)26-14-18-5-1-2-10-22-18/h1-3,5-7,9-10,12-13,15,20H,4,8,11,14H2,(H,23,25)/t20-/m1/s1. The van der Waals surface area contributed by atoms with Crippen molar-refractivity contribution in [3.8, 4) is 5.75 Å². The van der Waals surface area contributed by atoms with Crippen LogP contribution in [0.15, 0.2) is 65.5 Å². The fourth-order valence-corrected chi connectivity index (χ4v) is 4.03. The van der Waals surface area contributed by atoms with Crippen molar-refractivity contribution in [2.24, 2.45) is 0 Å². The van der Waals surface area contributed by atoms with Gasteiger partial charge in [0.25, 0.3) is 0 Å². The quantitative estimate of drug-likeness (QED) is 0.672. The molecule has 27 heavy (non-hydrogen) atoms. The summed E-state index contributed by atoms with van der Waals surface area (Å²) in [6, 6.07) is 15.4. The molecule has 0 unspecified atom stereocenters. The molecule has 1 aliphatic rings. The lowest BCUT2D eigenvalue weighted by molar-refractivity contribution is 0.207. The second-order valence-corrected chi connectivity index (χ2v) is 7.26. The van der Waals surface area contributed by atoms with Gasteiger partial charge in [0.15, 0.2) is 0 Å². The fraction of sp³-hybridized carbons (Fsp3) is 0.238. The van der Waals surface area contributed by atoms with Crippen LogP contribution in [0.2, 0.25) is 0 Å². The first-order valence-corrected chi connectivity index (χ1v) is 9.96. The van der Waals surface area contributed by atoms with Gasteiger partial charge < -0.3 is 15.0 Å². The number of carbonyl (C=O) groups is 1. The van der Waals surface area contributed by atoms with E-state index < -0.39 is 0 Å². The molecular formula is C21H21N3O2S. The molecule has 0 radical (unpaired) electrons. The highest BCUT2D eigenvalue weighted by Gasteiger charge is 2.30. The van der Waals surface area contributed by atoms with E-state index in [4.69, 9.17) is 4.74 Å². The van der Waals surface area contributed by atoms with Crippen LogP contribution in [-0.4, -0.2) is 22.5 Å². The number of anilines is 1. The number of nitrogens with zero attached hydrogens (tertiary/aromatic N) is 2. The molecule has 138 valence electrons. The highest BCUT2D eigenvalue weighted by atomic mass is 32.1. The van der Waals surface area contributed by atoms with Crippen LogP contribution in [0, 0.1) is 0 Å². The average molecular weight is 379 g/mol. The number of pyridine rings is 1. The van der Waals surface area contributed by atoms with Crippen molar-refractivity contribution in [2.75, 3.05) is 11.9 Å². The first-order valence-electron chi connectivity index (χ1n) is 9.02. The molecule has 0 bridgehead atoms. The Labute approximate surface area is 162 Å². The van der Waals surface area contributed by atoms with Crippen molar-refractivity contribution in [2.45, 2.75) is 25.5 Å². The number of rotatable bonds is 5. The first kappa shape index (κ1) is 17.5. The molecule has 2 aromatic heterocycles. The molecule has 1 saturated heterocycles. The number of aromatic nitrogens is 1. The minimum absolute atomic E-state index is 0.0643. The van der Waals surface area contributed by atoms with Crippen LogP contribution >= 0.6 is 11.3 Å². The normalized spacial score (nSPS) is 16.3. The molecule has 0 spiro atoms. The van der Waals surface area contributed by atoms with Gasteiger partial charge in [-0.3, -0.25) is 4.98 Å². The Morgan fingerprint density at radius 1 is 1.26 bits per heavy atom. The molecule has 5 nitrogen and oxygen atoms in total. The van der Waals surface area contributed by atoms with E-state index in [1.165, 1.54) is 5.56 Å². The zero-order valence-electron chi connectivity index (χ0n) is 14.9. The summed E-state index contributed by atoms with van der Waals surface area (Å²) in [6.45, 7) is 1.17. The van der Waals surface area contributed by atoms with Crippen LogP contribution in [0.5, 0.6) is 5.75 Å². The van der Waals surface area contributed by atoms with Gasteiger partial charge in [-0.25, -0.2) is 4.79 Å². The third-order valence-corrected chi connectivity index (χ3v) is 5.34. The van der Waals surface area contributed by atoms with E-state index in [0.717, 1.165) is 30.8 Å². The predicted octanol–water partition coefficient (Wildman–Crippen LogP) is 5.09. The average Bonchev–Trinajstić information content (AvgIpc) is 3.39. The van der Waals surface area contributed by atoms with E-state index in [1.807, 2.05) is 47.4 Å². The molecule has 3 aromatic rings. The second-order valence-electron chi connectivity index (χ2n) is 6.48. The Morgan fingerprint density at radius 3 is 3.04 bits per heavy atom. The summed E-state index contributed by atoms with van der Waals surface area (Å²) in [5.74, 6) is 0.703. The number of benzene rings is 1. The SMILES string of the molecule is O=C(Nc1cccc(OCc2ccccn2)c1)N1CCC[C@@H]1c1ccsc1. The van der Waals surface area contributed by atoms with E-state index in [9.17, 15) is 4.79 Å². The topological polar surface area (TPSA) is 54.5 Å². The Kier molecular flexibility index (Phi) is 5.34. The van der Waals surface area contributed by atoms with Gasteiger partial charge in [0, 0.05) is 24.5 Å². The number of urea groups is 1. The monoisotopic (exact) mass is 379 g/mol. The minimum Gasteiger partial charge on any atom is -0.487 e. The first-order chi connectivity index (χ1) is 13.3. The molecule has 6 heteroatoms. The van der Waals surface area contributed by atoms with E-state index in [1.54, 1.807) is 17.5 Å². The lowest BCUT2D eigenvalue weighted by atomic mass is 10.1. The third-order valence-electron chi connectivity index (χ3n) is 4.64. The van der Waals surface area contributed by atoms with E-state index in [0.29, 0.717) is 12.4 Å². The number of carbonyl (C=O) groups excluding carboxylic acids is 1. The Bertz CT molecular complexity index is 883. The number of nitrogens with one attached hydrogen (secondary N) is 1. The van der Waals surface area contributed by atoms with Gasteiger partial charge in [0.2, 0.25) is 0 Å². The highest BCUT2D eigenvalue weighted by molar-refractivity contribution is 7.08. The number of amides is 2. The van der Waals surface area contributed by atoms with Crippen molar-refractivity contribution in [3.05, 3.63) is 76.7 Å². The Morgan fingerprint density at radius 2 is 2.22 bits per heavy atom. The van der Waals surface area contributed by atoms with Crippen LogP contribution in [0.3, 0.4) is 0 Å². The number of ether oxygens (including phenoxy) is 1. The Balaban J connectivity index is 1.39. The summed E-state index contributed by atoms with van der Waals surface area (Å²) >= 11 is 1.67. The van der Waals surface area contributed by atoms with Crippen LogP contribution < -0.4 is 10.1 Å². The summed E-state index contributed by atoms with van der Waals surface area (Å²) in [5, 5.41) is 7.20. The Hall–Kier alpha value is -2.86. The molecule has 3 heterocycles. The molecular weight excluding hydrogens is 358 g/mol. The number of thiophene rings is 1. The van der Waals surface area contributed by atoms with Gasteiger partial charge in [-0.15, -0.1) is 0 Å². The molecule has 0 aliphatic carbocycles. The van der Waals surface area contributed by atoms with Crippen LogP contribution in [0.4, 0.5) is 10.5 Å². The minimum atomic E-state index is -0.0643. The summed E-state index contributed by atoms with van der Waals surface area (Å²) in [5.41, 5.74) is 2.82. The van der Waals surface area contributed by atoms with Crippen LogP contribution in [0.1, 0.15) is 30.1 Å². The van der Waals surface area contributed by atoms with Gasteiger partial charge in [-0.1, -0.05) is 12.1 Å². The van der Waals surface area contributed by atoms with Crippen LogP contribution in [0.25, 0.3) is 0 Å². The molecule has 4 rings (SSSR count). The molecule has 2 amide bonds. The van der Waals surface area contributed by atoms with Gasteiger partial charge in [-0.2, -0.15) is 11.3 Å². The second kappa shape index (κ2) is 8.22. The maximum absolute atomic E-state index is 12.8. The lowest BCUT2D eigenvalue weighted by Crippen LogP contribution is -2.34. The zero-order valence-corrected chi connectivity index (χ0v) is 15.7. The van der Waals surface area contributed by atoms with Gasteiger partial charge in [0.05, 0.1) is 11.7 Å². The summed E-state index contributed by atoms with van der Waals surface area (Å²) in [7, 11) is 0. The van der Waals surface area contributed by atoms with Crippen molar-refractivity contribution < 1.29 is 9.53 Å². The predicted molar refractivity (Wildman–Crippen MR) is 107 cm³/mol. The molecule has 1 aliphatic heterocycles. The highest BCUT2D eigenvalue weighted by Crippen LogP contribution is 2.33. The number of hydrogen-bond donors (Lipinski definition) is 1. The molecule has 0 saturated carbocycles. The maximum Gasteiger partial charge on any atom is 0.322 e. The van der Waals surface area contributed by atoms with Gasteiger partial charge >= 0.3 is 6.03 Å². The lowest BCUT2D eigenvalue weighted by Gasteiger charge is -2.24. The van der Waals surface area contributed by atoms with E-state index in [-0.39, 0.29) is 12.1 Å². The summed E-state index contributed by atoms with van der Waals surface area (Å²) in [4.78, 5) is 18.9. The zero-order chi connectivity index (χ0) is 18.5. The molecule has 1 atom stereocenters. The number of hydrogen-bond acceptors (Lipinski definition) is 4. The summed E-state index contributed by atoms with van der Waals surface area (Å²) in [6.07, 6.45) is 3.79. The largest absolute Gasteiger partial charge is 0.487 e. The molecule has 1 aromatic carbocycles. The third kappa shape index (κ3) is 4.28. The van der Waals surface area contributed by atoms with Gasteiger partial charge in [-0.05, 0) is 59.5 Å². The number of likely N-dealkylation sites (tertiary alicyclic amines) is 1. The smallest absolute Gasteiger partial charge is 0.322 e. The fourth-order valence-electron chi connectivity index (χ4n) is 3.32. The van der Waals surface area contributed by atoms with Crippen molar-refractivity contribution in [1.82, 2.24) is 9.88 Å².